The number of halogens is 1. The number of benzene rings is 2. The Hall–Kier alpha value is -3.12. The fraction of sp³-hybridized carbons (Fsp3) is 0.150. The molecule has 0 aliphatic carbocycles. The SMILES string of the molecule is CCOc1ccc(/C(C)=N\NC(=O)c2cc(-c3ccccc3Cl)n[nH]2)cc1. The Morgan fingerprint density at radius 2 is 1.96 bits per heavy atom. The van der Waals surface area contributed by atoms with Crippen LogP contribution in [0.5, 0.6) is 5.75 Å². The fourth-order valence-corrected chi connectivity index (χ4v) is 2.70. The summed E-state index contributed by atoms with van der Waals surface area (Å²) in [4.78, 5) is 12.3. The molecule has 6 nitrogen and oxygen atoms in total. The average Bonchev–Trinajstić information content (AvgIpc) is 3.17. The van der Waals surface area contributed by atoms with Crippen LogP contribution in [0.15, 0.2) is 59.7 Å². The molecule has 0 fully saturated rings. The van der Waals surface area contributed by atoms with Crippen LogP contribution in [0.2, 0.25) is 5.02 Å². The lowest BCUT2D eigenvalue weighted by Crippen LogP contribution is -2.19. The van der Waals surface area contributed by atoms with E-state index < -0.39 is 0 Å². The van der Waals surface area contributed by atoms with Crippen molar-refractivity contribution in [1.82, 2.24) is 15.6 Å². The van der Waals surface area contributed by atoms with E-state index in [9.17, 15) is 4.79 Å². The number of rotatable bonds is 6. The van der Waals surface area contributed by atoms with Crippen LogP contribution >= 0.6 is 11.6 Å². The highest BCUT2D eigenvalue weighted by Crippen LogP contribution is 2.26. The van der Waals surface area contributed by atoms with E-state index in [1.807, 2.05) is 56.3 Å². The van der Waals surface area contributed by atoms with Crippen LogP contribution in [0, 0.1) is 0 Å². The third kappa shape index (κ3) is 4.54. The second kappa shape index (κ2) is 8.51. The van der Waals surface area contributed by atoms with Crippen molar-refractivity contribution in [3.05, 3.63) is 70.9 Å². The summed E-state index contributed by atoms with van der Waals surface area (Å²) in [6.07, 6.45) is 0. The van der Waals surface area contributed by atoms with Gasteiger partial charge in [-0.3, -0.25) is 9.89 Å². The van der Waals surface area contributed by atoms with Crippen LogP contribution in [-0.4, -0.2) is 28.4 Å². The lowest BCUT2D eigenvalue weighted by atomic mass is 10.1. The first-order valence-electron chi connectivity index (χ1n) is 8.46. The minimum absolute atomic E-state index is 0.299. The maximum absolute atomic E-state index is 12.3. The number of hydrogen-bond acceptors (Lipinski definition) is 4. The van der Waals surface area contributed by atoms with Gasteiger partial charge in [0.15, 0.2) is 0 Å². The second-order valence-corrected chi connectivity index (χ2v) is 6.15. The Morgan fingerprint density at radius 3 is 2.67 bits per heavy atom. The molecular weight excluding hydrogens is 364 g/mol. The predicted octanol–water partition coefficient (Wildman–Crippen LogP) is 4.28. The third-order valence-corrected chi connectivity index (χ3v) is 4.21. The highest BCUT2D eigenvalue weighted by Gasteiger charge is 2.12. The van der Waals surface area contributed by atoms with E-state index >= 15 is 0 Å². The normalized spacial score (nSPS) is 11.3. The van der Waals surface area contributed by atoms with Crippen molar-refractivity contribution in [1.29, 1.82) is 0 Å². The van der Waals surface area contributed by atoms with Crippen molar-refractivity contribution in [3.63, 3.8) is 0 Å². The number of H-pyrrole nitrogens is 1. The summed E-state index contributed by atoms with van der Waals surface area (Å²) in [7, 11) is 0. The number of hydrogen-bond donors (Lipinski definition) is 2. The smallest absolute Gasteiger partial charge is 0.289 e. The summed E-state index contributed by atoms with van der Waals surface area (Å²) in [5.74, 6) is 0.411. The molecule has 0 atom stereocenters. The molecule has 0 bridgehead atoms. The highest BCUT2D eigenvalue weighted by atomic mass is 35.5. The summed E-state index contributed by atoms with van der Waals surface area (Å²) in [6.45, 7) is 4.36. The Labute approximate surface area is 162 Å². The molecule has 0 aliphatic heterocycles. The molecule has 2 aromatic carbocycles. The fourth-order valence-electron chi connectivity index (χ4n) is 2.46. The number of ether oxygens (including phenoxy) is 1. The molecule has 1 aromatic heterocycles. The van der Waals surface area contributed by atoms with Gasteiger partial charge in [-0.25, -0.2) is 5.43 Å². The van der Waals surface area contributed by atoms with Gasteiger partial charge in [0.25, 0.3) is 5.91 Å². The number of carbonyl (C=O) groups excluding carboxylic acids is 1. The maximum atomic E-state index is 12.3. The zero-order valence-electron chi connectivity index (χ0n) is 15.0. The van der Waals surface area contributed by atoms with Crippen LogP contribution in [0.3, 0.4) is 0 Å². The summed E-state index contributed by atoms with van der Waals surface area (Å²) >= 11 is 6.16. The summed E-state index contributed by atoms with van der Waals surface area (Å²) < 4.78 is 5.41. The van der Waals surface area contributed by atoms with Gasteiger partial charge >= 0.3 is 0 Å². The molecule has 0 aliphatic rings. The molecule has 0 unspecified atom stereocenters. The largest absolute Gasteiger partial charge is 0.494 e. The summed E-state index contributed by atoms with van der Waals surface area (Å²) in [5, 5.41) is 11.6. The molecule has 1 heterocycles. The van der Waals surface area contributed by atoms with Crippen LogP contribution in [-0.2, 0) is 0 Å². The molecule has 3 rings (SSSR count). The van der Waals surface area contributed by atoms with Crippen LogP contribution in [0.25, 0.3) is 11.3 Å². The summed E-state index contributed by atoms with van der Waals surface area (Å²) in [6, 6.07) is 16.5. The quantitative estimate of drug-likeness (QED) is 0.493. The Bertz CT molecular complexity index is 964. The van der Waals surface area contributed by atoms with E-state index in [0.29, 0.717) is 28.7 Å². The minimum atomic E-state index is -0.383. The predicted molar refractivity (Wildman–Crippen MR) is 106 cm³/mol. The van der Waals surface area contributed by atoms with Crippen molar-refractivity contribution in [2.45, 2.75) is 13.8 Å². The van der Waals surface area contributed by atoms with Crippen molar-refractivity contribution in [2.75, 3.05) is 6.61 Å². The van der Waals surface area contributed by atoms with Crippen LogP contribution in [0.4, 0.5) is 0 Å². The van der Waals surface area contributed by atoms with Crippen molar-refractivity contribution in [3.8, 4) is 17.0 Å². The molecule has 0 saturated carbocycles. The van der Waals surface area contributed by atoms with E-state index in [2.05, 4.69) is 20.7 Å². The number of hydrazone groups is 1. The van der Waals surface area contributed by atoms with Gasteiger partial charge in [-0.05, 0) is 55.8 Å². The lowest BCUT2D eigenvalue weighted by Gasteiger charge is -2.05. The monoisotopic (exact) mass is 382 g/mol. The molecule has 3 aromatic rings. The van der Waals surface area contributed by atoms with Gasteiger partial charge in [-0.15, -0.1) is 0 Å². The Morgan fingerprint density at radius 1 is 1.22 bits per heavy atom. The molecular formula is C20H19ClN4O2. The average molecular weight is 383 g/mol. The van der Waals surface area contributed by atoms with E-state index in [-0.39, 0.29) is 5.91 Å². The first kappa shape index (κ1) is 18.7. The molecule has 0 spiro atoms. The molecule has 0 saturated heterocycles. The maximum Gasteiger partial charge on any atom is 0.289 e. The van der Waals surface area contributed by atoms with Crippen LogP contribution < -0.4 is 10.2 Å². The van der Waals surface area contributed by atoms with E-state index in [1.165, 1.54) is 0 Å². The zero-order chi connectivity index (χ0) is 19.2. The van der Waals surface area contributed by atoms with Crippen molar-refractivity contribution in [2.24, 2.45) is 5.10 Å². The van der Waals surface area contributed by atoms with Gasteiger partial charge in [0.2, 0.25) is 0 Å². The van der Waals surface area contributed by atoms with Crippen molar-refractivity contribution >= 4 is 23.2 Å². The topological polar surface area (TPSA) is 79.4 Å². The van der Waals surface area contributed by atoms with Crippen molar-refractivity contribution < 1.29 is 9.53 Å². The van der Waals surface area contributed by atoms with E-state index in [1.54, 1.807) is 12.1 Å². The van der Waals surface area contributed by atoms with Crippen LogP contribution in [0.1, 0.15) is 29.9 Å². The first-order valence-corrected chi connectivity index (χ1v) is 8.84. The third-order valence-electron chi connectivity index (χ3n) is 3.88. The number of nitrogens with one attached hydrogen (secondary N) is 2. The van der Waals surface area contributed by atoms with Gasteiger partial charge < -0.3 is 4.74 Å². The van der Waals surface area contributed by atoms with Gasteiger partial charge in [0.1, 0.15) is 11.4 Å². The summed E-state index contributed by atoms with van der Waals surface area (Å²) in [5.41, 5.74) is 5.74. The number of carbonyl (C=O) groups is 1. The molecule has 1 amide bonds. The Kier molecular flexibility index (Phi) is 5.88. The second-order valence-electron chi connectivity index (χ2n) is 5.74. The Balaban J connectivity index is 1.68. The minimum Gasteiger partial charge on any atom is -0.494 e. The van der Waals surface area contributed by atoms with Gasteiger partial charge in [0.05, 0.1) is 23.0 Å². The van der Waals surface area contributed by atoms with Gasteiger partial charge in [0, 0.05) is 5.56 Å². The zero-order valence-corrected chi connectivity index (χ0v) is 15.7. The molecule has 2 N–H and O–H groups in total. The van der Waals surface area contributed by atoms with E-state index in [4.69, 9.17) is 16.3 Å². The first-order chi connectivity index (χ1) is 13.1. The number of amides is 1. The highest BCUT2D eigenvalue weighted by molar-refractivity contribution is 6.33. The standard InChI is InChI=1S/C20H19ClN4O2/c1-3-27-15-10-8-14(9-11-15)13(2)22-25-20(26)19-12-18(23-24-19)16-6-4-5-7-17(16)21/h4-12H,3H2,1-2H3,(H,23,24)(H,25,26)/b22-13-. The van der Waals surface area contributed by atoms with Gasteiger partial charge in [-0.2, -0.15) is 10.2 Å². The number of aromatic amines is 1. The molecule has 0 radical (unpaired) electrons. The number of nitrogens with zero attached hydrogens (tertiary/aromatic N) is 2. The number of aromatic nitrogens is 2. The molecule has 27 heavy (non-hydrogen) atoms. The van der Waals surface area contributed by atoms with E-state index in [0.717, 1.165) is 16.9 Å². The molecule has 7 heteroatoms. The van der Waals surface area contributed by atoms with Gasteiger partial charge in [-0.1, -0.05) is 29.8 Å². The molecule has 138 valence electrons. The lowest BCUT2D eigenvalue weighted by molar-refractivity contribution is 0.0950.